The van der Waals surface area contributed by atoms with E-state index in [1.807, 2.05) is 56.3 Å². The van der Waals surface area contributed by atoms with Crippen LogP contribution in [-0.4, -0.2) is 11.5 Å². The van der Waals surface area contributed by atoms with Crippen LogP contribution >= 0.6 is 27.7 Å². The van der Waals surface area contributed by atoms with Crippen molar-refractivity contribution >= 4 is 33.5 Å². The van der Waals surface area contributed by atoms with Gasteiger partial charge >= 0.3 is 0 Å². The fraction of sp³-hybridized carbons (Fsp3) is 0.188. The summed E-state index contributed by atoms with van der Waals surface area (Å²) in [6.45, 7) is 4.00. The van der Waals surface area contributed by atoms with Crippen LogP contribution in [0.3, 0.4) is 0 Å². The van der Waals surface area contributed by atoms with Crippen LogP contribution in [0.15, 0.2) is 51.8 Å². The highest BCUT2D eigenvalue weighted by Gasteiger charge is 2.09. The molecule has 0 amide bonds. The van der Waals surface area contributed by atoms with Gasteiger partial charge in [-0.25, -0.2) is 0 Å². The molecule has 0 fully saturated rings. The first-order chi connectivity index (χ1) is 9.06. The minimum Gasteiger partial charge on any atom is -0.293 e. The van der Waals surface area contributed by atoms with E-state index in [0.717, 1.165) is 26.1 Å². The number of hydrogen-bond acceptors (Lipinski definition) is 2. The predicted octanol–water partition coefficient (Wildman–Crippen LogP) is 5.04. The van der Waals surface area contributed by atoms with Crippen LogP contribution in [0.2, 0.25) is 0 Å². The number of Topliss-reactive ketones (excluding diaryl/α,β-unsaturated/α-hetero) is 1. The molecule has 0 spiro atoms. The normalized spacial score (nSPS) is 10.5. The molecule has 3 heteroatoms. The van der Waals surface area contributed by atoms with Gasteiger partial charge in [0.05, 0.1) is 5.75 Å². The molecule has 2 aromatic rings. The summed E-state index contributed by atoms with van der Waals surface area (Å²) in [5.74, 6) is 0.667. The average Bonchev–Trinajstić information content (AvgIpc) is 2.40. The summed E-state index contributed by atoms with van der Waals surface area (Å²) in [6, 6.07) is 14.0. The van der Waals surface area contributed by atoms with Crippen molar-refractivity contribution in [3.8, 4) is 0 Å². The molecular formula is C16H15BrOS. The Balaban J connectivity index is 2.05. The summed E-state index contributed by atoms with van der Waals surface area (Å²) in [5, 5.41) is 0. The molecule has 19 heavy (non-hydrogen) atoms. The highest BCUT2D eigenvalue weighted by atomic mass is 79.9. The van der Waals surface area contributed by atoms with Crippen LogP contribution in [0, 0.1) is 13.8 Å². The van der Waals surface area contributed by atoms with Gasteiger partial charge in [-0.3, -0.25) is 4.79 Å². The Hall–Kier alpha value is -1.06. The maximum absolute atomic E-state index is 12.2. The number of carbonyl (C=O) groups excluding carboxylic acids is 1. The third kappa shape index (κ3) is 3.95. The Labute approximate surface area is 126 Å². The number of benzene rings is 2. The lowest BCUT2D eigenvalue weighted by Gasteiger charge is -2.06. The Bertz CT molecular complexity index is 590. The van der Waals surface area contributed by atoms with Gasteiger partial charge < -0.3 is 0 Å². The van der Waals surface area contributed by atoms with Gasteiger partial charge in [0.2, 0.25) is 0 Å². The summed E-state index contributed by atoms with van der Waals surface area (Å²) in [7, 11) is 0. The van der Waals surface area contributed by atoms with Gasteiger partial charge in [-0.05, 0) is 49.7 Å². The van der Waals surface area contributed by atoms with E-state index in [1.54, 1.807) is 11.8 Å². The van der Waals surface area contributed by atoms with Crippen LogP contribution in [-0.2, 0) is 0 Å². The van der Waals surface area contributed by atoms with Crippen LogP contribution in [0.5, 0.6) is 0 Å². The smallest absolute Gasteiger partial charge is 0.173 e. The lowest BCUT2D eigenvalue weighted by molar-refractivity contribution is 0.102. The second-order valence-electron chi connectivity index (χ2n) is 4.48. The Morgan fingerprint density at radius 1 is 1.11 bits per heavy atom. The van der Waals surface area contributed by atoms with Crippen molar-refractivity contribution in [2.24, 2.45) is 0 Å². The zero-order chi connectivity index (χ0) is 13.8. The zero-order valence-electron chi connectivity index (χ0n) is 10.9. The standard InChI is InChI=1S/C16H15BrOS/c1-11-3-4-12(2)15(9-11)16(18)10-19-14-7-5-13(17)6-8-14/h3-9H,10H2,1-2H3. The minimum absolute atomic E-state index is 0.189. The number of halogens is 1. The monoisotopic (exact) mass is 334 g/mol. The number of carbonyl (C=O) groups is 1. The molecule has 0 heterocycles. The highest BCUT2D eigenvalue weighted by Crippen LogP contribution is 2.22. The van der Waals surface area contributed by atoms with Gasteiger partial charge in [-0.2, -0.15) is 0 Å². The molecule has 0 aliphatic rings. The molecule has 0 aliphatic carbocycles. The van der Waals surface area contributed by atoms with E-state index < -0.39 is 0 Å². The van der Waals surface area contributed by atoms with E-state index in [2.05, 4.69) is 15.9 Å². The van der Waals surface area contributed by atoms with Crippen molar-refractivity contribution in [3.05, 3.63) is 63.6 Å². The van der Waals surface area contributed by atoms with Gasteiger partial charge in [-0.1, -0.05) is 33.6 Å². The van der Waals surface area contributed by atoms with Crippen molar-refractivity contribution in [1.29, 1.82) is 0 Å². The molecule has 0 unspecified atom stereocenters. The first-order valence-electron chi connectivity index (χ1n) is 6.05. The third-order valence-corrected chi connectivity index (χ3v) is 4.42. The molecule has 0 saturated carbocycles. The molecule has 0 aromatic heterocycles. The van der Waals surface area contributed by atoms with Crippen LogP contribution in [0.1, 0.15) is 21.5 Å². The Kier molecular flexibility index (Phi) is 4.83. The van der Waals surface area contributed by atoms with Crippen LogP contribution in [0.4, 0.5) is 0 Å². The predicted molar refractivity (Wildman–Crippen MR) is 85.1 cm³/mol. The Morgan fingerprint density at radius 3 is 2.47 bits per heavy atom. The molecule has 0 N–H and O–H groups in total. The molecule has 0 bridgehead atoms. The second-order valence-corrected chi connectivity index (χ2v) is 6.45. The molecule has 0 saturated heterocycles. The average molecular weight is 335 g/mol. The van der Waals surface area contributed by atoms with Gasteiger partial charge in [0.1, 0.15) is 0 Å². The number of hydrogen-bond donors (Lipinski definition) is 0. The number of aryl methyl sites for hydroxylation is 2. The lowest BCUT2D eigenvalue weighted by Crippen LogP contribution is -2.05. The first-order valence-corrected chi connectivity index (χ1v) is 7.83. The number of thioether (sulfide) groups is 1. The van der Waals surface area contributed by atoms with Crippen LogP contribution in [0.25, 0.3) is 0 Å². The lowest BCUT2D eigenvalue weighted by atomic mass is 10.0. The molecular weight excluding hydrogens is 320 g/mol. The molecule has 0 aliphatic heterocycles. The Morgan fingerprint density at radius 2 is 1.79 bits per heavy atom. The topological polar surface area (TPSA) is 17.1 Å². The fourth-order valence-corrected chi connectivity index (χ4v) is 2.84. The van der Waals surface area contributed by atoms with E-state index in [9.17, 15) is 4.79 Å². The summed E-state index contributed by atoms with van der Waals surface area (Å²) < 4.78 is 1.05. The molecule has 2 aromatic carbocycles. The van der Waals surface area contributed by atoms with E-state index in [-0.39, 0.29) is 5.78 Å². The summed E-state index contributed by atoms with van der Waals surface area (Å²) >= 11 is 4.98. The van der Waals surface area contributed by atoms with Crippen LogP contribution < -0.4 is 0 Å². The summed E-state index contributed by atoms with van der Waals surface area (Å²) in [4.78, 5) is 13.3. The molecule has 2 rings (SSSR count). The minimum atomic E-state index is 0.189. The maximum Gasteiger partial charge on any atom is 0.173 e. The molecule has 0 radical (unpaired) electrons. The van der Waals surface area contributed by atoms with Crippen molar-refractivity contribution in [2.75, 3.05) is 5.75 Å². The third-order valence-electron chi connectivity index (χ3n) is 2.88. The van der Waals surface area contributed by atoms with E-state index >= 15 is 0 Å². The van der Waals surface area contributed by atoms with Crippen molar-refractivity contribution < 1.29 is 4.79 Å². The molecule has 0 atom stereocenters. The summed E-state index contributed by atoms with van der Waals surface area (Å²) in [6.07, 6.45) is 0. The molecule has 98 valence electrons. The van der Waals surface area contributed by atoms with E-state index in [0.29, 0.717) is 5.75 Å². The van der Waals surface area contributed by atoms with E-state index in [4.69, 9.17) is 0 Å². The van der Waals surface area contributed by atoms with Crippen molar-refractivity contribution in [3.63, 3.8) is 0 Å². The fourth-order valence-electron chi connectivity index (χ4n) is 1.79. The van der Waals surface area contributed by atoms with Gasteiger partial charge in [-0.15, -0.1) is 11.8 Å². The number of ketones is 1. The van der Waals surface area contributed by atoms with Crippen molar-refractivity contribution in [1.82, 2.24) is 0 Å². The quantitative estimate of drug-likeness (QED) is 0.575. The molecule has 1 nitrogen and oxygen atoms in total. The van der Waals surface area contributed by atoms with Gasteiger partial charge in [0.25, 0.3) is 0 Å². The highest BCUT2D eigenvalue weighted by molar-refractivity contribution is 9.10. The van der Waals surface area contributed by atoms with Gasteiger partial charge in [0.15, 0.2) is 5.78 Å². The largest absolute Gasteiger partial charge is 0.293 e. The van der Waals surface area contributed by atoms with Crippen molar-refractivity contribution in [2.45, 2.75) is 18.7 Å². The number of rotatable bonds is 4. The zero-order valence-corrected chi connectivity index (χ0v) is 13.3. The first kappa shape index (κ1) is 14.4. The van der Waals surface area contributed by atoms with Gasteiger partial charge in [0, 0.05) is 14.9 Å². The second kappa shape index (κ2) is 6.40. The SMILES string of the molecule is Cc1ccc(C)c(C(=O)CSc2ccc(Br)cc2)c1. The maximum atomic E-state index is 12.2. The van der Waals surface area contributed by atoms with E-state index in [1.165, 1.54) is 0 Å². The summed E-state index contributed by atoms with van der Waals surface area (Å²) in [5.41, 5.74) is 3.01.